The Labute approximate surface area is 158 Å². The molecule has 0 spiro atoms. The molecule has 5 heteroatoms. The number of rotatable bonds is 5. The van der Waals surface area contributed by atoms with E-state index in [-0.39, 0.29) is 11.8 Å². The van der Waals surface area contributed by atoms with Crippen LogP contribution >= 0.6 is 23.2 Å². The molecule has 1 saturated heterocycles. The highest BCUT2D eigenvalue weighted by molar-refractivity contribution is 6.35. The second-order valence-corrected chi connectivity index (χ2v) is 7.36. The lowest BCUT2D eigenvalue weighted by Gasteiger charge is -2.32. The van der Waals surface area contributed by atoms with Gasteiger partial charge in [-0.1, -0.05) is 59.6 Å². The van der Waals surface area contributed by atoms with E-state index in [9.17, 15) is 4.79 Å². The van der Waals surface area contributed by atoms with Gasteiger partial charge in [-0.05, 0) is 42.6 Å². The monoisotopic (exact) mass is 376 g/mol. The van der Waals surface area contributed by atoms with Crippen molar-refractivity contribution < 1.29 is 4.79 Å². The minimum atomic E-state index is 0.0311. The Morgan fingerprint density at radius 1 is 1.16 bits per heavy atom. The normalized spacial score (nSPS) is 18.1. The van der Waals surface area contributed by atoms with Crippen molar-refractivity contribution in [3.8, 4) is 0 Å². The first-order valence-electron chi connectivity index (χ1n) is 8.60. The van der Waals surface area contributed by atoms with Gasteiger partial charge in [-0.2, -0.15) is 0 Å². The lowest BCUT2D eigenvalue weighted by molar-refractivity contribution is -0.126. The van der Waals surface area contributed by atoms with Crippen LogP contribution in [-0.2, 0) is 17.9 Å². The lowest BCUT2D eigenvalue weighted by Crippen LogP contribution is -2.42. The number of nitrogens with zero attached hydrogens (tertiary/aromatic N) is 1. The summed E-state index contributed by atoms with van der Waals surface area (Å²) >= 11 is 12.2. The molecule has 25 heavy (non-hydrogen) atoms. The molecule has 1 N–H and O–H groups in total. The van der Waals surface area contributed by atoms with Crippen LogP contribution < -0.4 is 5.32 Å². The largest absolute Gasteiger partial charge is 0.352 e. The first-order chi connectivity index (χ1) is 12.1. The molecule has 132 valence electrons. The van der Waals surface area contributed by atoms with E-state index in [1.807, 2.05) is 42.5 Å². The highest BCUT2D eigenvalue weighted by Crippen LogP contribution is 2.25. The van der Waals surface area contributed by atoms with Crippen LogP contribution in [0.2, 0.25) is 10.0 Å². The molecule has 0 saturated carbocycles. The zero-order valence-corrected chi connectivity index (χ0v) is 15.6. The maximum absolute atomic E-state index is 12.5. The fourth-order valence-electron chi connectivity index (χ4n) is 3.23. The average molecular weight is 377 g/mol. The second kappa shape index (κ2) is 8.70. The van der Waals surface area contributed by atoms with Gasteiger partial charge in [0.2, 0.25) is 5.91 Å². The summed E-state index contributed by atoms with van der Waals surface area (Å²) in [5.41, 5.74) is 2.17. The SMILES string of the molecule is O=C(NCc1ccccc1)C1CCCN(Cc2ccc(Cl)cc2Cl)C1. The Hall–Kier alpha value is -1.55. The number of piperidine rings is 1. The fraction of sp³-hybridized carbons (Fsp3) is 0.350. The van der Waals surface area contributed by atoms with Gasteiger partial charge < -0.3 is 5.32 Å². The Morgan fingerprint density at radius 2 is 1.96 bits per heavy atom. The summed E-state index contributed by atoms with van der Waals surface area (Å²) in [4.78, 5) is 14.8. The molecule has 0 aliphatic carbocycles. The van der Waals surface area contributed by atoms with Crippen LogP contribution in [0.4, 0.5) is 0 Å². The van der Waals surface area contributed by atoms with Crippen molar-refractivity contribution in [3.63, 3.8) is 0 Å². The number of hydrogen-bond donors (Lipinski definition) is 1. The summed E-state index contributed by atoms with van der Waals surface area (Å²) in [6, 6.07) is 15.6. The van der Waals surface area contributed by atoms with Crippen LogP contribution in [0, 0.1) is 5.92 Å². The van der Waals surface area contributed by atoms with Gasteiger partial charge >= 0.3 is 0 Å². The molecular weight excluding hydrogens is 355 g/mol. The van der Waals surface area contributed by atoms with Crippen LogP contribution in [0.25, 0.3) is 0 Å². The maximum Gasteiger partial charge on any atom is 0.224 e. The Bertz CT molecular complexity index is 721. The number of carbonyl (C=O) groups excluding carboxylic acids is 1. The van der Waals surface area contributed by atoms with E-state index in [1.54, 1.807) is 6.07 Å². The topological polar surface area (TPSA) is 32.3 Å². The molecule has 1 heterocycles. The third kappa shape index (κ3) is 5.21. The molecule has 0 aromatic heterocycles. The summed E-state index contributed by atoms with van der Waals surface area (Å²) in [6.45, 7) is 3.08. The minimum absolute atomic E-state index is 0.0311. The summed E-state index contributed by atoms with van der Waals surface area (Å²) in [7, 11) is 0. The maximum atomic E-state index is 12.5. The van der Waals surface area contributed by atoms with Crippen LogP contribution in [0.5, 0.6) is 0 Å². The van der Waals surface area contributed by atoms with E-state index in [4.69, 9.17) is 23.2 Å². The fourth-order valence-corrected chi connectivity index (χ4v) is 3.70. The van der Waals surface area contributed by atoms with Crippen molar-refractivity contribution >= 4 is 29.1 Å². The standard InChI is InChI=1S/C20H22Cl2N2O/c21-18-9-8-16(19(22)11-18)13-24-10-4-7-17(14-24)20(25)23-12-15-5-2-1-3-6-15/h1-3,5-6,8-9,11,17H,4,7,10,12-14H2,(H,23,25). The molecule has 2 aromatic carbocycles. The minimum Gasteiger partial charge on any atom is -0.352 e. The van der Waals surface area contributed by atoms with E-state index in [0.29, 0.717) is 16.6 Å². The lowest BCUT2D eigenvalue weighted by atomic mass is 9.96. The average Bonchev–Trinajstić information content (AvgIpc) is 2.63. The van der Waals surface area contributed by atoms with Crippen molar-refractivity contribution in [1.29, 1.82) is 0 Å². The van der Waals surface area contributed by atoms with E-state index >= 15 is 0 Å². The van der Waals surface area contributed by atoms with Crippen molar-refractivity contribution in [3.05, 3.63) is 69.7 Å². The predicted molar refractivity (Wildman–Crippen MR) is 103 cm³/mol. The number of likely N-dealkylation sites (tertiary alicyclic amines) is 1. The van der Waals surface area contributed by atoms with Crippen molar-refractivity contribution in [2.75, 3.05) is 13.1 Å². The molecule has 0 bridgehead atoms. The van der Waals surface area contributed by atoms with Gasteiger partial charge in [0.1, 0.15) is 0 Å². The smallest absolute Gasteiger partial charge is 0.224 e. The first-order valence-corrected chi connectivity index (χ1v) is 9.35. The first kappa shape index (κ1) is 18.2. The Morgan fingerprint density at radius 3 is 2.72 bits per heavy atom. The number of amides is 1. The summed E-state index contributed by atoms with van der Waals surface area (Å²) in [5, 5.41) is 4.39. The summed E-state index contributed by atoms with van der Waals surface area (Å²) < 4.78 is 0. The number of halogens is 2. The van der Waals surface area contributed by atoms with Crippen LogP contribution in [0.3, 0.4) is 0 Å². The molecule has 3 nitrogen and oxygen atoms in total. The number of benzene rings is 2. The van der Waals surface area contributed by atoms with Crippen LogP contribution in [0.15, 0.2) is 48.5 Å². The molecule has 0 radical (unpaired) electrons. The Balaban J connectivity index is 1.54. The zero-order chi connectivity index (χ0) is 17.6. The molecular formula is C20H22Cl2N2O. The second-order valence-electron chi connectivity index (χ2n) is 6.51. The van der Waals surface area contributed by atoms with E-state index < -0.39 is 0 Å². The molecule has 3 rings (SSSR count). The van der Waals surface area contributed by atoms with E-state index in [0.717, 1.165) is 43.6 Å². The van der Waals surface area contributed by atoms with Gasteiger partial charge in [0, 0.05) is 29.7 Å². The summed E-state index contributed by atoms with van der Waals surface area (Å²) in [5.74, 6) is 0.166. The molecule has 1 fully saturated rings. The van der Waals surface area contributed by atoms with Crippen LogP contribution in [0.1, 0.15) is 24.0 Å². The van der Waals surface area contributed by atoms with Crippen molar-refractivity contribution in [2.24, 2.45) is 5.92 Å². The Kier molecular flexibility index (Phi) is 6.35. The highest BCUT2D eigenvalue weighted by atomic mass is 35.5. The third-order valence-corrected chi connectivity index (χ3v) is 5.18. The van der Waals surface area contributed by atoms with E-state index in [2.05, 4.69) is 10.2 Å². The number of hydrogen-bond acceptors (Lipinski definition) is 2. The quantitative estimate of drug-likeness (QED) is 0.831. The molecule has 1 aliphatic rings. The van der Waals surface area contributed by atoms with Gasteiger partial charge in [-0.15, -0.1) is 0 Å². The van der Waals surface area contributed by atoms with Gasteiger partial charge in [-0.25, -0.2) is 0 Å². The van der Waals surface area contributed by atoms with E-state index in [1.165, 1.54) is 0 Å². The third-order valence-electron chi connectivity index (χ3n) is 4.59. The molecule has 1 unspecified atom stereocenters. The summed E-state index contributed by atoms with van der Waals surface area (Å²) in [6.07, 6.45) is 1.96. The van der Waals surface area contributed by atoms with Gasteiger partial charge in [0.15, 0.2) is 0 Å². The van der Waals surface area contributed by atoms with Crippen molar-refractivity contribution in [2.45, 2.75) is 25.9 Å². The molecule has 1 aliphatic heterocycles. The predicted octanol–water partition coefficient (Wildman–Crippen LogP) is 4.52. The van der Waals surface area contributed by atoms with Gasteiger partial charge in [-0.3, -0.25) is 9.69 Å². The highest BCUT2D eigenvalue weighted by Gasteiger charge is 2.25. The number of nitrogens with one attached hydrogen (secondary N) is 1. The van der Waals surface area contributed by atoms with Gasteiger partial charge in [0.05, 0.1) is 5.92 Å². The number of carbonyl (C=O) groups is 1. The van der Waals surface area contributed by atoms with Crippen molar-refractivity contribution in [1.82, 2.24) is 10.2 Å². The van der Waals surface area contributed by atoms with Gasteiger partial charge in [0.25, 0.3) is 0 Å². The molecule has 1 atom stereocenters. The van der Waals surface area contributed by atoms with Crippen LogP contribution in [-0.4, -0.2) is 23.9 Å². The molecule has 1 amide bonds. The molecule has 2 aromatic rings. The zero-order valence-electron chi connectivity index (χ0n) is 14.1.